The lowest BCUT2D eigenvalue weighted by molar-refractivity contribution is 0.0543. The molecule has 88 valence electrons. The SMILES string of the molecule is Oc1ccccc1C(CF)C1CCOCC1. The molecule has 1 heterocycles. The van der Waals surface area contributed by atoms with Crippen LogP contribution in [0, 0.1) is 5.92 Å². The summed E-state index contributed by atoms with van der Waals surface area (Å²) in [7, 11) is 0. The van der Waals surface area contributed by atoms with Gasteiger partial charge in [0.05, 0.1) is 6.67 Å². The first-order valence-electron chi connectivity index (χ1n) is 5.74. The average molecular weight is 224 g/mol. The smallest absolute Gasteiger partial charge is 0.119 e. The first kappa shape index (κ1) is 11.4. The number of halogens is 1. The lowest BCUT2D eigenvalue weighted by Gasteiger charge is -2.29. The molecule has 0 bridgehead atoms. The predicted molar refractivity (Wildman–Crippen MR) is 60.4 cm³/mol. The van der Waals surface area contributed by atoms with Crippen LogP contribution in [0.15, 0.2) is 24.3 Å². The fourth-order valence-electron chi connectivity index (χ4n) is 2.38. The van der Waals surface area contributed by atoms with Crippen LogP contribution in [0.2, 0.25) is 0 Å². The van der Waals surface area contributed by atoms with E-state index in [1.807, 2.05) is 12.1 Å². The third-order valence-electron chi connectivity index (χ3n) is 3.34. The summed E-state index contributed by atoms with van der Waals surface area (Å²) in [5.41, 5.74) is 0.733. The lowest BCUT2D eigenvalue weighted by atomic mass is 9.82. The first-order chi connectivity index (χ1) is 7.83. The molecule has 1 atom stereocenters. The molecule has 1 aliphatic heterocycles. The van der Waals surface area contributed by atoms with E-state index >= 15 is 0 Å². The van der Waals surface area contributed by atoms with Crippen LogP contribution in [0.5, 0.6) is 5.75 Å². The molecular formula is C13H17FO2. The zero-order valence-corrected chi connectivity index (χ0v) is 9.23. The highest BCUT2D eigenvalue weighted by Crippen LogP contribution is 2.36. The third-order valence-corrected chi connectivity index (χ3v) is 3.34. The van der Waals surface area contributed by atoms with Crippen LogP contribution in [0.1, 0.15) is 24.3 Å². The zero-order chi connectivity index (χ0) is 11.4. The first-order valence-corrected chi connectivity index (χ1v) is 5.74. The van der Waals surface area contributed by atoms with Crippen LogP contribution >= 0.6 is 0 Å². The van der Waals surface area contributed by atoms with Crippen LogP contribution in [-0.4, -0.2) is 25.0 Å². The van der Waals surface area contributed by atoms with Gasteiger partial charge in [0, 0.05) is 19.1 Å². The van der Waals surface area contributed by atoms with Gasteiger partial charge >= 0.3 is 0 Å². The van der Waals surface area contributed by atoms with E-state index in [0.717, 1.165) is 18.4 Å². The van der Waals surface area contributed by atoms with Gasteiger partial charge in [0.1, 0.15) is 5.75 Å². The molecule has 1 fully saturated rings. The van der Waals surface area contributed by atoms with Crippen LogP contribution in [0.25, 0.3) is 0 Å². The Morgan fingerprint density at radius 1 is 1.31 bits per heavy atom. The number of rotatable bonds is 3. The maximum absolute atomic E-state index is 13.2. The van der Waals surface area contributed by atoms with Gasteiger partial charge in [0.25, 0.3) is 0 Å². The van der Waals surface area contributed by atoms with Crippen molar-refractivity contribution in [1.29, 1.82) is 0 Å². The Hall–Kier alpha value is -1.09. The molecule has 1 aromatic carbocycles. The molecule has 0 aromatic heterocycles. The molecule has 0 saturated carbocycles. The lowest BCUT2D eigenvalue weighted by Crippen LogP contribution is -2.23. The van der Waals surface area contributed by atoms with E-state index in [0.29, 0.717) is 13.2 Å². The Kier molecular flexibility index (Phi) is 3.78. The third kappa shape index (κ3) is 2.35. The van der Waals surface area contributed by atoms with Crippen molar-refractivity contribution in [2.24, 2.45) is 5.92 Å². The van der Waals surface area contributed by atoms with Gasteiger partial charge in [0.15, 0.2) is 0 Å². The molecule has 3 heteroatoms. The van der Waals surface area contributed by atoms with Crippen molar-refractivity contribution < 1.29 is 14.2 Å². The van der Waals surface area contributed by atoms with Crippen LogP contribution < -0.4 is 0 Å². The number of ether oxygens (including phenoxy) is 1. The largest absolute Gasteiger partial charge is 0.508 e. The Labute approximate surface area is 95.1 Å². The molecule has 0 radical (unpaired) electrons. The van der Waals surface area contributed by atoms with Crippen molar-refractivity contribution in [3.8, 4) is 5.75 Å². The Morgan fingerprint density at radius 3 is 2.62 bits per heavy atom. The highest BCUT2D eigenvalue weighted by molar-refractivity contribution is 5.35. The van der Waals surface area contributed by atoms with Crippen molar-refractivity contribution in [1.82, 2.24) is 0 Å². The maximum Gasteiger partial charge on any atom is 0.119 e. The van der Waals surface area contributed by atoms with Gasteiger partial charge in [-0.3, -0.25) is 4.39 Å². The predicted octanol–water partition coefficient (Wildman–Crippen LogP) is 2.87. The van der Waals surface area contributed by atoms with Gasteiger partial charge < -0.3 is 9.84 Å². The molecule has 2 rings (SSSR count). The molecule has 1 aromatic rings. The number of phenols is 1. The van der Waals surface area contributed by atoms with Gasteiger partial charge in [0.2, 0.25) is 0 Å². The summed E-state index contributed by atoms with van der Waals surface area (Å²) in [6.45, 7) is 0.992. The van der Waals surface area contributed by atoms with Gasteiger partial charge in [-0.2, -0.15) is 0 Å². The summed E-state index contributed by atoms with van der Waals surface area (Å²) in [5, 5.41) is 9.74. The van der Waals surface area contributed by atoms with E-state index in [9.17, 15) is 9.50 Å². The average Bonchev–Trinajstić information content (AvgIpc) is 2.34. The van der Waals surface area contributed by atoms with E-state index in [2.05, 4.69) is 0 Å². The van der Waals surface area contributed by atoms with Crippen molar-refractivity contribution in [2.75, 3.05) is 19.9 Å². The summed E-state index contributed by atoms with van der Waals surface area (Å²) < 4.78 is 18.4. The molecule has 2 nitrogen and oxygen atoms in total. The molecule has 0 amide bonds. The number of alkyl halides is 1. The molecule has 16 heavy (non-hydrogen) atoms. The van der Waals surface area contributed by atoms with Crippen molar-refractivity contribution in [2.45, 2.75) is 18.8 Å². The summed E-state index contributed by atoms with van der Waals surface area (Å²) in [4.78, 5) is 0. The molecule has 1 unspecified atom stereocenters. The number of hydrogen-bond acceptors (Lipinski definition) is 2. The monoisotopic (exact) mass is 224 g/mol. The van der Waals surface area contributed by atoms with Crippen LogP contribution in [0.4, 0.5) is 4.39 Å². The fraction of sp³-hybridized carbons (Fsp3) is 0.538. The van der Waals surface area contributed by atoms with E-state index < -0.39 is 6.67 Å². The molecule has 1 saturated heterocycles. The fourth-order valence-corrected chi connectivity index (χ4v) is 2.38. The Bertz CT molecular complexity index is 334. The number of benzene rings is 1. The second kappa shape index (κ2) is 5.30. The number of phenolic OH excluding ortho intramolecular Hbond substituents is 1. The van der Waals surface area contributed by atoms with Crippen LogP contribution in [-0.2, 0) is 4.74 Å². The van der Waals surface area contributed by atoms with Crippen LogP contribution in [0.3, 0.4) is 0 Å². The Morgan fingerprint density at radius 2 is 2.00 bits per heavy atom. The van der Waals surface area contributed by atoms with Crippen molar-refractivity contribution in [3.05, 3.63) is 29.8 Å². The number of aromatic hydroxyl groups is 1. The van der Waals surface area contributed by atoms with Gasteiger partial charge in [-0.25, -0.2) is 0 Å². The second-order valence-corrected chi connectivity index (χ2v) is 4.27. The van der Waals surface area contributed by atoms with Crippen molar-refractivity contribution in [3.63, 3.8) is 0 Å². The van der Waals surface area contributed by atoms with E-state index in [4.69, 9.17) is 4.74 Å². The highest BCUT2D eigenvalue weighted by Gasteiger charge is 2.27. The van der Waals surface area contributed by atoms with Gasteiger partial charge in [-0.05, 0) is 30.4 Å². The summed E-state index contributed by atoms with van der Waals surface area (Å²) >= 11 is 0. The normalized spacial score (nSPS) is 19.6. The van der Waals surface area contributed by atoms with Gasteiger partial charge in [-0.1, -0.05) is 18.2 Å². The van der Waals surface area contributed by atoms with Crippen molar-refractivity contribution >= 4 is 0 Å². The van der Waals surface area contributed by atoms with E-state index in [1.165, 1.54) is 0 Å². The molecule has 1 N–H and O–H groups in total. The minimum absolute atomic E-state index is 0.190. The zero-order valence-electron chi connectivity index (χ0n) is 9.23. The van der Waals surface area contributed by atoms with Gasteiger partial charge in [-0.15, -0.1) is 0 Å². The number of hydrogen-bond donors (Lipinski definition) is 1. The summed E-state index contributed by atoms with van der Waals surface area (Å²) in [6, 6.07) is 7.04. The molecule has 0 spiro atoms. The minimum Gasteiger partial charge on any atom is -0.508 e. The Balaban J connectivity index is 2.18. The van der Waals surface area contributed by atoms with E-state index in [1.54, 1.807) is 12.1 Å². The molecule has 1 aliphatic rings. The standard InChI is InChI=1S/C13H17FO2/c14-9-12(10-5-7-16-8-6-10)11-3-1-2-4-13(11)15/h1-4,10,12,15H,5-9H2. The summed E-state index contributed by atoms with van der Waals surface area (Å²) in [6.07, 6.45) is 1.76. The second-order valence-electron chi connectivity index (χ2n) is 4.27. The van der Waals surface area contributed by atoms with E-state index in [-0.39, 0.29) is 17.6 Å². The minimum atomic E-state index is -0.414. The highest BCUT2D eigenvalue weighted by atomic mass is 19.1. The quantitative estimate of drug-likeness (QED) is 0.855. The molecule has 0 aliphatic carbocycles. The maximum atomic E-state index is 13.2. The topological polar surface area (TPSA) is 29.5 Å². The number of para-hydroxylation sites is 1. The summed E-state index contributed by atoms with van der Waals surface area (Å²) in [5.74, 6) is 0.300. The molecular weight excluding hydrogens is 207 g/mol.